The van der Waals surface area contributed by atoms with Crippen molar-refractivity contribution in [1.29, 1.82) is 0 Å². The van der Waals surface area contributed by atoms with Gasteiger partial charge in [0, 0.05) is 33.0 Å². The van der Waals surface area contributed by atoms with Crippen LogP contribution in [-0.4, -0.2) is 57.8 Å². The van der Waals surface area contributed by atoms with Crippen LogP contribution in [0.25, 0.3) is 33.6 Å². The maximum Gasteiger partial charge on any atom is 0.410 e. The zero-order chi connectivity index (χ0) is 29.9. The molecule has 222 valence electrons. The Kier molecular flexibility index (Phi) is 8.70. The van der Waals surface area contributed by atoms with E-state index in [9.17, 15) is 4.79 Å². The van der Waals surface area contributed by atoms with Crippen molar-refractivity contribution in [1.82, 2.24) is 24.8 Å². The lowest BCUT2D eigenvalue weighted by molar-refractivity contribution is 0.0218. The zero-order valence-corrected chi connectivity index (χ0v) is 26.7. The molecule has 1 aliphatic rings. The maximum absolute atomic E-state index is 12.7. The molecule has 1 amide bonds. The van der Waals surface area contributed by atoms with E-state index >= 15 is 0 Å². The van der Waals surface area contributed by atoms with Crippen LogP contribution in [0.4, 0.5) is 4.79 Å². The number of ether oxygens (including phenoxy) is 2. The van der Waals surface area contributed by atoms with Gasteiger partial charge in [0.2, 0.25) is 0 Å². The molecular formula is C33H43N5O3Si. The minimum Gasteiger partial charge on any atom is -0.444 e. The van der Waals surface area contributed by atoms with Crippen LogP contribution in [0.5, 0.6) is 0 Å². The highest BCUT2D eigenvalue weighted by Gasteiger charge is 2.34. The van der Waals surface area contributed by atoms with Gasteiger partial charge in [0.1, 0.15) is 23.9 Å². The summed E-state index contributed by atoms with van der Waals surface area (Å²) in [5, 5.41) is 0. The second kappa shape index (κ2) is 12.3. The Morgan fingerprint density at radius 1 is 1.00 bits per heavy atom. The van der Waals surface area contributed by atoms with Crippen molar-refractivity contribution >= 4 is 14.2 Å². The van der Waals surface area contributed by atoms with E-state index in [-0.39, 0.29) is 12.1 Å². The van der Waals surface area contributed by atoms with Crippen molar-refractivity contribution in [2.75, 3.05) is 13.2 Å². The number of nitrogens with one attached hydrogen (secondary N) is 2. The number of hydrogen-bond acceptors (Lipinski definition) is 5. The third-order valence-electron chi connectivity index (χ3n) is 7.37. The molecule has 0 radical (unpaired) electrons. The van der Waals surface area contributed by atoms with Crippen LogP contribution in [0, 0.1) is 0 Å². The van der Waals surface area contributed by atoms with E-state index in [1.54, 1.807) is 4.90 Å². The van der Waals surface area contributed by atoms with Crippen LogP contribution in [0.2, 0.25) is 25.7 Å². The van der Waals surface area contributed by atoms with E-state index in [4.69, 9.17) is 14.5 Å². The fourth-order valence-corrected chi connectivity index (χ4v) is 5.81. The normalized spacial score (nSPS) is 15.8. The minimum absolute atomic E-state index is 0.0977. The summed E-state index contributed by atoms with van der Waals surface area (Å²) in [5.41, 5.74) is 5.72. The predicted molar refractivity (Wildman–Crippen MR) is 170 cm³/mol. The van der Waals surface area contributed by atoms with Gasteiger partial charge in [-0.1, -0.05) is 68.2 Å². The predicted octanol–water partition coefficient (Wildman–Crippen LogP) is 8.06. The molecule has 0 spiro atoms. The van der Waals surface area contributed by atoms with E-state index in [1.807, 2.05) is 33.2 Å². The van der Waals surface area contributed by atoms with Crippen LogP contribution in [0.3, 0.4) is 0 Å². The second-order valence-electron chi connectivity index (χ2n) is 13.3. The number of aromatic amines is 2. The van der Waals surface area contributed by atoms with Gasteiger partial charge in [-0.3, -0.25) is 4.90 Å². The maximum atomic E-state index is 12.7. The van der Waals surface area contributed by atoms with E-state index in [0.29, 0.717) is 13.2 Å². The van der Waals surface area contributed by atoms with Gasteiger partial charge in [-0.2, -0.15) is 0 Å². The first-order valence-electron chi connectivity index (χ1n) is 14.8. The van der Waals surface area contributed by atoms with Gasteiger partial charge in [-0.25, -0.2) is 14.8 Å². The molecule has 1 aliphatic heterocycles. The molecule has 8 nitrogen and oxygen atoms in total. The Bertz CT molecular complexity index is 1480. The molecule has 0 aliphatic carbocycles. The van der Waals surface area contributed by atoms with Crippen molar-refractivity contribution in [3.05, 3.63) is 72.6 Å². The smallest absolute Gasteiger partial charge is 0.410 e. The molecule has 2 N–H and O–H groups in total. The second-order valence-corrected chi connectivity index (χ2v) is 18.9. The molecule has 5 rings (SSSR count). The fourth-order valence-electron chi connectivity index (χ4n) is 5.05. The molecule has 1 saturated heterocycles. The highest BCUT2D eigenvalue weighted by atomic mass is 28.3. The van der Waals surface area contributed by atoms with Crippen molar-refractivity contribution in [2.45, 2.75) is 77.5 Å². The molecule has 0 bridgehead atoms. The van der Waals surface area contributed by atoms with Crippen LogP contribution >= 0.6 is 0 Å². The number of likely N-dealkylation sites (tertiary alicyclic amines) is 1. The standard InChI is InChI=1S/C33H43N5O3Si/c1-33(2,3)41-32(39)38-17-7-8-29(38)31-35-21-28(37-31)26-15-11-24(12-16-26)23-9-13-25(14-10-23)27-20-34-30(36-27)22-40-18-19-42(4,5)6/h9-16,20-21,29H,7-8,17-19,22H2,1-6H3,(H,34,36)(H,35,37). The number of nitrogens with zero attached hydrogens (tertiary/aromatic N) is 3. The largest absolute Gasteiger partial charge is 0.444 e. The van der Waals surface area contributed by atoms with Crippen LogP contribution in [0.1, 0.15) is 51.3 Å². The lowest BCUT2D eigenvalue weighted by Crippen LogP contribution is -2.36. The molecule has 4 aromatic rings. The summed E-state index contributed by atoms with van der Waals surface area (Å²) in [4.78, 5) is 30.6. The molecule has 42 heavy (non-hydrogen) atoms. The first-order valence-corrected chi connectivity index (χ1v) is 18.5. The fraction of sp³-hybridized carbons (Fsp3) is 0.424. The highest BCUT2D eigenvalue weighted by molar-refractivity contribution is 6.76. The number of benzene rings is 2. The number of H-pyrrole nitrogens is 2. The number of hydrogen-bond donors (Lipinski definition) is 2. The lowest BCUT2D eigenvalue weighted by atomic mass is 10.0. The summed E-state index contributed by atoms with van der Waals surface area (Å²) in [6.45, 7) is 14.7. The Morgan fingerprint density at radius 3 is 2.29 bits per heavy atom. The molecule has 0 saturated carbocycles. The SMILES string of the molecule is CC(C)(C)OC(=O)N1CCCC1c1ncc(-c2ccc(-c3ccc(-c4c[nH]c(COCC[Si](C)(C)C)n4)cc3)cc2)[nH]1. The van der Waals surface area contributed by atoms with Gasteiger partial charge >= 0.3 is 6.09 Å². The van der Waals surface area contributed by atoms with Gasteiger partial charge in [0.05, 0.1) is 23.6 Å². The van der Waals surface area contributed by atoms with Crippen molar-refractivity contribution in [3.63, 3.8) is 0 Å². The Morgan fingerprint density at radius 2 is 1.64 bits per heavy atom. The van der Waals surface area contributed by atoms with E-state index in [2.05, 4.69) is 83.1 Å². The average molecular weight is 586 g/mol. The van der Waals surface area contributed by atoms with Crippen LogP contribution < -0.4 is 0 Å². The number of carbonyl (C=O) groups excluding carboxylic acids is 1. The summed E-state index contributed by atoms with van der Waals surface area (Å²) in [6, 6.07) is 18.0. The summed E-state index contributed by atoms with van der Waals surface area (Å²) in [6.07, 6.45) is 5.31. The van der Waals surface area contributed by atoms with Crippen molar-refractivity contribution < 1.29 is 14.3 Å². The number of carbonyl (C=O) groups is 1. The zero-order valence-electron chi connectivity index (χ0n) is 25.7. The Labute approximate surface area is 249 Å². The van der Waals surface area contributed by atoms with E-state index in [1.165, 1.54) is 0 Å². The third kappa shape index (κ3) is 7.57. The van der Waals surface area contributed by atoms with Gasteiger partial charge in [-0.05, 0) is 56.3 Å². The average Bonchev–Trinajstić information content (AvgIpc) is 3.71. The number of rotatable bonds is 9. The van der Waals surface area contributed by atoms with Gasteiger partial charge in [0.25, 0.3) is 0 Å². The van der Waals surface area contributed by atoms with Crippen molar-refractivity contribution in [3.8, 4) is 33.6 Å². The van der Waals surface area contributed by atoms with E-state index in [0.717, 1.165) is 70.8 Å². The van der Waals surface area contributed by atoms with Crippen LogP contribution in [0.15, 0.2) is 60.9 Å². The van der Waals surface area contributed by atoms with Gasteiger partial charge in [-0.15, -0.1) is 0 Å². The lowest BCUT2D eigenvalue weighted by Gasteiger charge is -2.27. The highest BCUT2D eigenvalue weighted by Crippen LogP contribution is 2.33. The summed E-state index contributed by atoms with van der Waals surface area (Å²) >= 11 is 0. The van der Waals surface area contributed by atoms with Gasteiger partial charge < -0.3 is 19.4 Å². The topological polar surface area (TPSA) is 96.1 Å². The molecule has 1 unspecified atom stereocenters. The molecule has 9 heteroatoms. The van der Waals surface area contributed by atoms with Gasteiger partial charge in [0.15, 0.2) is 0 Å². The van der Waals surface area contributed by atoms with Crippen LogP contribution in [-0.2, 0) is 16.1 Å². The first-order chi connectivity index (χ1) is 19.9. The molecular weight excluding hydrogens is 542 g/mol. The molecule has 1 atom stereocenters. The molecule has 3 heterocycles. The molecule has 1 fully saturated rings. The van der Waals surface area contributed by atoms with E-state index < -0.39 is 13.7 Å². The minimum atomic E-state index is -1.09. The monoisotopic (exact) mass is 585 g/mol. The van der Waals surface area contributed by atoms with Crippen molar-refractivity contribution in [2.24, 2.45) is 0 Å². The number of amides is 1. The summed E-state index contributed by atoms with van der Waals surface area (Å²) in [7, 11) is -1.09. The molecule has 2 aromatic carbocycles. The Hall–Kier alpha value is -3.69. The summed E-state index contributed by atoms with van der Waals surface area (Å²) < 4.78 is 11.5. The number of imidazole rings is 2. The Balaban J connectivity index is 1.20. The first kappa shape index (κ1) is 29.8. The molecule has 2 aromatic heterocycles. The number of aromatic nitrogens is 4. The summed E-state index contributed by atoms with van der Waals surface area (Å²) in [5.74, 6) is 1.65. The quantitative estimate of drug-likeness (QED) is 0.153. The third-order valence-corrected chi connectivity index (χ3v) is 9.07.